The topological polar surface area (TPSA) is 46.2 Å². The smallest absolute Gasteiger partial charge is 0.265 e. The van der Waals surface area contributed by atoms with Crippen LogP contribution in [-0.4, -0.2) is 8.42 Å². The first-order valence-electron chi connectivity index (χ1n) is 5.33. The van der Waals surface area contributed by atoms with E-state index in [1.165, 1.54) is 18.2 Å². The minimum atomic E-state index is -4.24. The molecule has 0 saturated carbocycles. The SMILES string of the molecule is O=S(=O)(Nc1ccc(Cl)cc1Br)c1c(F)cc(F)cc1Br. The highest BCUT2D eigenvalue weighted by molar-refractivity contribution is 9.11. The minimum absolute atomic E-state index is 0.176. The third-order valence-electron chi connectivity index (χ3n) is 2.41. The van der Waals surface area contributed by atoms with E-state index in [0.717, 1.165) is 6.07 Å². The van der Waals surface area contributed by atoms with Crippen molar-refractivity contribution in [1.82, 2.24) is 0 Å². The van der Waals surface area contributed by atoms with E-state index in [9.17, 15) is 17.2 Å². The van der Waals surface area contributed by atoms with Crippen molar-refractivity contribution in [2.45, 2.75) is 4.90 Å². The maximum Gasteiger partial charge on any atom is 0.265 e. The Morgan fingerprint density at radius 3 is 2.29 bits per heavy atom. The van der Waals surface area contributed by atoms with Gasteiger partial charge in [-0.15, -0.1) is 0 Å². The molecule has 112 valence electrons. The molecular formula is C12H6Br2ClF2NO2S. The summed E-state index contributed by atoms with van der Waals surface area (Å²) < 4.78 is 53.6. The second kappa shape index (κ2) is 6.20. The summed E-state index contributed by atoms with van der Waals surface area (Å²) in [5.74, 6) is -2.08. The molecule has 0 saturated heterocycles. The standard InChI is InChI=1S/C12H6Br2ClF2NO2S/c13-8-3-6(15)1-2-11(8)18-21(19,20)12-9(14)4-7(16)5-10(12)17/h1-5,18H. The molecule has 2 rings (SSSR count). The van der Waals surface area contributed by atoms with Gasteiger partial charge in [-0.2, -0.15) is 0 Å². The minimum Gasteiger partial charge on any atom is -0.278 e. The lowest BCUT2D eigenvalue weighted by atomic mass is 10.3. The summed E-state index contributed by atoms with van der Waals surface area (Å²) in [4.78, 5) is -0.675. The molecule has 2 aromatic rings. The summed E-state index contributed by atoms with van der Waals surface area (Å²) in [5, 5.41) is 0.402. The zero-order chi connectivity index (χ0) is 15.8. The average Bonchev–Trinajstić information content (AvgIpc) is 2.30. The first kappa shape index (κ1) is 16.7. The van der Waals surface area contributed by atoms with E-state index in [0.29, 0.717) is 15.6 Å². The van der Waals surface area contributed by atoms with Crippen molar-refractivity contribution < 1.29 is 17.2 Å². The number of halogens is 5. The van der Waals surface area contributed by atoms with Gasteiger partial charge in [0.05, 0.1) is 5.69 Å². The highest BCUT2D eigenvalue weighted by Gasteiger charge is 2.24. The Kier molecular flexibility index (Phi) is 4.92. The maximum atomic E-state index is 13.8. The van der Waals surface area contributed by atoms with Crippen molar-refractivity contribution in [2.24, 2.45) is 0 Å². The molecule has 0 unspecified atom stereocenters. The van der Waals surface area contributed by atoms with E-state index in [4.69, 9.17) is 11.6 Å². The second-order valence-corrected chi connectivity index (χ2v) is 7.69. The second-order valence-electron chi connectivity index (χ2n) is 3.93. The van der Waals surface area contributed by atoms with Gasteiger partial charge in [0.15, 0.2) is 0 Å². The molecule has 0 bridgehead atoms. The normalized spacial score (nSPS) is 11.5. The van der Waals surface area contributed by atoms with Crippen molar-refractivity contribution in [3.05, 3.63) is 55.9 Å². The van der Waals surface area contributed by atoms with E-state index in [-0.39, 0.29) is 10.2 Å². The van der Waals surface area contributed by atoms with Crippen LogP contribution in [0.2, 0.25) is 5.02 Å². The molecule has 1 N–H and O–H groups in total. The third-order valence-corrected chi connectivity index (χ3v) is 5.63. The number of sulfonamides is 1. The van der Waals surface area contributed by atoms with Crippen LogP contribution >= 0.6 is 43.5 Å². The van der Waals surface area contributed by atoms with Crippen LogP contribution in [0.1, 0.15) is 0 Å². The summed E-state index contributed by atoms with van der Waals surface area (Å²) in [5.41, 5.74) is 0.176. The molecule has 0 spiro atoms. The van der Waals surface area contributed by atoms with Gasteiger partial charge in [0, 0.05) is 20.0 Å². The lowest BCUT2D eigenvalue weighted by Gasteiger charge is -2.12. The van der Waals surface area contributed by atoms with Crippen LogP contribution in [0, 0.1) is 11.6 Å². The van der Waals surface area contributed by atoms with Crippen molar-refractivity contribution in [2.75, 3.05) is 4.72 Å². The Morgan fingerprint density at radius 2 is 1.71 bits per heavy atom. The maximum absolute atomic E-state index is 13.8. The predicted molar refractivity (Wildman–Crippen MR) is 84.0 cm³/mol. The van der Waals surface area contributed by atoms with E-state index in [1.54, 1.807) is 0 Å². The highest BCUT2D eigenvalue weighted by Crippen LogP contribution is 2.31. The van der Waals surface area contributed by atoms with E-state index in [2.05, 4.69) is 36.6 Å². The lowest BCUT2D eigenvalue weighted by molar-refractivity contribution is 0.548. The van der Waals surface area contributed by atoms with Gasteiger partial charge in [-0.1, -0.05) is 11.6 Å². The molecule has 0 atom stereocenters. The van der Waals surface area contributed by atoms with Crippen molar-refractivity contribution in [3.8, 4) is 0 Å². The molecule has 0 radical (unpaired) electrons. The molecule has 0 amide bonds. The van der Waals surface area contributed by atoms with Gasteiger partial charge in [0.25, 0.3) is 10.0 Å². The summed E-state index contributed by atoms with van der Waals surface area (Å²) in [6.45, 7) is 0. The van der Waals surface area contributed by atoms with Crippen molar-refractivity contribution in [3.63, 3.8) is 0 Å². The van der Waals surface area contributed by atoms with E-state index >= 15 is 0 Å². The van der Waals surface area contributed by atoms with E-state index in [1.807, 2.05) is 0 Å². The summed E-state index contributed by atoms with van der Waals surface area (Å²) in [6, 6.07) is 5.74. The number of hydrogen-bond donors (Lipinski definition) is 1. The van der Waals surface area contributed by atoms with Gasteiger partial charge in [0.1, 0.15) is 16.5 Å². The van der Waals surface area contributed by atoms with Crippen LogP contribution in [0.4, 0.5) is 14.5 Å². The number of benzene rings is 2. The third kappa shape index (κ3) is 3.74. The summed E-state index contributed by atoms with van der Waals surface area (Å²) >= 11 is 11.7. The van der Waals surface area contributed by atoms with Crippen LogP contribution in [-0.2, 0) is 10.0 Å². The van der Waals surface area contributed by atoms with Gasteiger partial charge in [-0.3, -0.25) is 4.72 Å². The molecule has 21 heavy (non-hydrogen) atoms. The molecule has 0 aliphatic carbocycles. The number of anilines is 1. The van der Waals surface area contributed by atoms with Crippen molar-refractivity contribution in [1.29, 1.82) is 0 Å². The molecule has 0 aliphatic rings. The molecule has 3 nitrogen and oxygen atoms in total. The first-order chi connectivity index (χ1) is 9.70. The molecule has 2 aromatic carbocycles. The Balaban J connectivity index is 2.48. The van der Waals surface area contributed by atoms with Gasteiger partial charge in [0.2, 0.25) is 0 Å². The zero-order valence-corrected chi connectivity index (χ0v) is 14.7. The van der Waals surface area contributed by atoms with Crippen LogP contribution in [0.3, 0.4) is 0 Å². The van der Waals surface area contributed by atoms with Crippen LogP contribution in [0.5, 0.6) is 0 Å². The summed E-state index contributed by atoms with van der Waals surface area (Å²) in [6.07, 6.45) is 0. The number of hydrogen-bond acceptors (Lipinski definition) is 2. The molecule has 9 heteroatoms. The Labute approximate surface area is 141 Å². The highest BCUT2D eigenvalue weighted by atomic mass is 79.9. The Hall–Kier alpha value is -0.700. The molecular weight excluding hydrogens is 455 g/mol. The van der Waals surface area contributed by atoms with Gasteiger partial charge >= 0.3 is 0 Å². The molecule has 0 aliphatic heterocycles. The fourth-order valence-corrected chi connectivity index (χ4v) is 4.72. The average molecular weight is 462 g/mol. The van der Waals surface area contributed by atoms with E-state index < -0.39 is 26.6 Å². The van der Waals surface area contributed by atoms with Gasteiger partial charge in [-0.25, -0.2) is 17.2 Å². The largest absolute Gasteiger partial charge is 0.278 e. The Morgan fingerprint density at radius 1 is 1.05 bits per heavy atom. The quantitative estimate of drug-likeness (QED) is 0.704. The molecule has 0 fully saturated rings. The van der Waals surface area contributed by atoms with Gasteiger partial charge in [-0.05, 0) is 56.1 Å². The fourth-order valence-electron chi connectivity index (χ4n) is 1.55. The monoisotopic (exact) mass is 459 g/mol. The van der Waals surface area contributed by atoms with Crippen LogP contribution < -0.4 is 4.72 Å². The first-order valence-corrected chi connectivity index (χ1v) is 8.78. The fraction of sp³-hybridized carbons (Fsp3) is 0. The summed E-state index contributed by atoms with van der Waals surface area (Å²) in [7, 11) is -4.24. The number of rotatable bonds is 3. The molecule has 0 heterocycles. The predicted octanol–water partition coefficient (Wildman–Crippen LogP) is 4.94. The van der Waals surface area contributed by atoms with Crippen LogP contribution in [0.15, 0.2) is 44.2 Å². The van der Waals surface area contributed by atoms with Gasteiger partial charge < -0.3 is 0 Å². The Bertz CT molecular complexity index is 792. The lowest BCUT2D eigenvalue weighted by Crippen LogP contribution is -2.16. The molecule has 0 aromatic heterocycles. The van der Waals surface area contributed by atoms with Crippen molar-refractivity contribution >= 4 is 59.2 Å². The zero-order valence-electron chi connectivity index (χ0n) is 10.0. The van der Waals surface area contributed by atoms with Crippen LogP contribution in [0.25, 0.3) is 0 Å². The number of nitrogens with one attached hydrogen (secondary N) is 1.